The molecule has 1 rings (SSSR count). The van der Waals surface area contributed by atoms with Crippen molar-refractivity contribution in [2.75, 3.05) is 24.3 Å². The molecule has 1 N–H and O–H groups in total. The van der Waals surface area contributed by atoms with E-state index in [0.717, 1.165) is 5.69 Å². The molecule has 0 spiro atoms. The average Bonchev–Trinajstić information content (AvgIpc) is 2.28. The number of anilines is 2. The maximum absolute atomic E-state index is 12.3. The number of aromatic nitrogens is 1. The largest absolute Gasteiger partial charge is 0.420 e. The molecule has 0 aromatic carbocycles. The highest BCUT2D eigenvalue weighted by Gasteiger charge is 2.33. The van der Waals surface area contributed by atoms with Gasteiger partial charge in [0.1, 0.15) is 11.4 Å². The average molecular weight is 259 g/mol. The minimum Gasteiger partial charge on any atom is -0.378 e. The van der Waals surface area contributed by atoms with Crippen LogP contribution in [-0.2, 0) is 4.79 Å². The number of hydrogen-bond donors (Lipinski definition) is 1. The highest BCUT2D eigenvalue weighted by atomic mass is 19.4. The van der Waals surface area contributed by atoms with Crippen molar-refractivity contribution in [3.8, 4) is 0 Å². The van der Waals surface area contributed by atoms with Gasteiger partial charge in [-0.25, -0.2) is 4.98 Å². The first-order valence-corrected chi connectivity index (χ1v) is 4.97. The number of pyridine rings is 1. The summed E-state index contributed by atoms with van der Waals surface area (Å²) >= 11 is 0. The Morgan fingerprint density at radius 1 is 1.44 bits per heavy atom. The zero-order valence-electron chi connectivity index (χ0n) is 9.82. The van der Waals surface area contributed by atoms with Gasteiger partial charge < -0.3 is 10.2 Å². The van der Waals surface area contributed by atoms with Crippen LogP contribution in [0.15, 0.2) is 30.1 Å². The van der Waals surface area contributed by atoms with Crippen molar-refractivity contribution in [2.45, 2.75) is 6.18 Å². The molecular formula is C11H12F3N3O. The summed E-state index contributed by atoms with van der Waals surface area (Å²) in [5.74, 6) is 0.227. The number of rotatable bonds is 4. The summed E-state index contributed by atoms with van der Waals surface area (Å²) in [7, 11) is 3.59. The van der Waals surface area contributed by atoms with Crippen LogP contribution in [0, 0.1) is 0 Å². The number of nitrogens with one attached hydrogen (secondary N) is 1. The number of allylic oxidation sites excluding steroid dienone is 1. The SMILES string of the molecule is CN(C)c1ccnc(NC=C(C=O)C(F)(F)F)c1. The van der Waals surface area contributed by atoms with Gasteiger partial charge in [-0.3, -0.25) is 4.79 Å². The third-order valence-corrected chi connectivity index (χ3v) is 2.09. The Balaban J connectivity index is 2.88. The predicted molar refractivity (Wildman–Crippen MR) is 62.4 cm³/mol. The summed E-state index contributed by atoms with van der Waals surface area (Å²) in [6, 6.07) is 3.27. The van der Waals surface area contributed by atoms with Gasteiger partial charge in [0.05, 0.1) is 0 Å². The van der Waals surface area contributed by atoms with Gasteiger partial charge in [-0.2, -0.15) is 13.2 Å². The highest BCUT2D eigenvalue weighted by molar-refractivity contribution is 5.75. The summed E-state index contributed by atoms with van der Waals surface area (Å²) in [5.41, 5.74) is -0.514. The topological polar surface area (TPSA) is 45.2 Å². The second kappa shape index (κ2) is 5.52. The molecule has 1 heterocycles. The van der Waals surface area contributed by atoms with E-state index in [-0.39, 0.29) is 12.1 Å². The Morgan fingerprint density at radius 2 is 2.11 bits per heavy atom. The number of aldehydes is 1. The van der Waals surface area contributed by atoms with Gasteiger partial charge in [-0.15, -0.1) is 0 Å². The number of hydrogen-bond acceptors (Lipinski definition) is 4. The minimum atomic E-state index is -4.67. The molecule has 0 aliphatic rings. The van der Waals surface area contributed by atoms with Gasteiger partial charge in [0.2, 0.25) is 0 Å². The van der Waals surface area contributed by atoms with Crippen LogP contribution < -0.4 is 10.2 Å². The molecule has 0 bridgehead atoms. The molecule has 4 nitrogen and oxygen atoms in total. The maximum atomic E-state index is 12.3. The third-order valence-electron chi connectivity index (χ3n) is 2.09. The van der Waals surface area contributed by atoms with Gasteiger partial charge in [0, 0.05) is 38.2 Å². The first-order valence-electron chi connectivity index (χ1n) is 4.97. The van der Waals surface area contributed by atoms with Crippen LogP contribution in [0.3, 0.4) is 0 Å². The van der Waals surface area contributed by atoms with Gasteiger partial charge in [-0.1, -0.05) is 0 Å². The zero-order chi connectivity index (χ0) is 13.8. The molecule has 0 amide bonds. The summed E-state index contributed by atoms with van der Waals surface area (Å²) < 4.78 is 36.8. The van der Waals surface area contributed by atoms with E-state index in [2.05, 4.69) is 10.3 Å². The van der Waals surface area contributed by atoms with Crippen LogP contribution in [-0.4, -0.2) is 31.5 Å². The molecule has 0 atom stereocenters. The van der Waals surface area contributed by atoms with E-state index in [0.29, 0.717) is 6.20 Å². The first kappa shape index (κ1) is 14.0. The van der Waals surface area contributed by atoms with Gasteiger partial charge in [0.15, 0.2) is 6.29 Å². The normalized spacial score (nSPS) is 12.2. The Labute approximate surface area is 102 Å². The quantitative estimate of drug-likeness (QED) is 0.665. The predicted octanol–water partition coefficient (Wildman–Crippen LogP) is 2.20. The van der Waals surface area contributed by atoms with E-state index in [1.807, 2.05) is 0 Å². The molecule has 0 radical (unpaired) electrons. The fraction of sp³-hybridized carbons (Fsp3) is 0.273. The lowest BCUT2D eigenvalue weighted by molar-refractivity contribution is -0.119. The summed E-state index contributed by atoms with van der Waals surface area (Å²) in [5, 5.41) is 2.35. The molecule has 0 saturated heterocycles. The van der Waals surface area contributed by atoms with Crippen molar-refractivity contribution in [1.29, 1.82) is 0 Å². The van der Waals surface area contributed by atoms with E-state index >= 15 is 0 Å². The van der Waals surface area contributed by atoms with E-state index in [9.17, 15) is 18.0 Å². The van der Waals surface area contributed by atoms with E-state index in [4.69, 9.17) is 0 Å². The van der Waals surface area contributed by atoms with Gasteiger partial charge >= 0.3 is 6.18 Å². The number of halogens is 3. The number of carbonyl (C=O) groups is 1. The van der Waals surface area contributed by atoms with Crippen LogP contribution in [0.25, 0.3) is 0 Å². The van der Waals surface area contributed by atoms with Crippen molar-refractivity contribution in [2.24, 2.45) is 0 Å². The molecule has 0 saturated carbocycles. The van der Waals surface area contributed by atoms with Crippen LogP contribution in [0.4, 0.5) is 24.7 Å². The molecule has 0 unspecified atom stereocenters. The second-order valence-electron chi connectivity index (χ2n) is 3.65. The Kier molecular flexibility index (Phi) is 4.30. The summed E-state index contributed by atoms with van der Waals surface area (Å²) in [6.45, 7) is 0. The number of nitrogens with zero attached hydrogens (tertiary/aromatic N) is 2. The molecule has 18 heavy (non-hydrogen) atoms. The smallest absolute Gasteiger partial charge is 0.378 e. The Morgan fingerprint density at radius 3 is 2.61 bits per heavy atom. The Hall–Kier alpha value is -2.05. The molecule has 1 aromatic rings. The second-order valence-corrected chi connectivity index (χ2v) is 3.65. The van der Waals surface area contributed by atoms with Crippen LogP contribution in [0.2, 0.25) is 0 Å². The fourth-order valence-corrected chi connectivity index (χ4v) is 1.11. The molecule has 0 aliphatic heterocycles. The fourth-order valence-electron chi connectivity index (χ4n) is 1.11. The van der Waals surface area contributed by atoms with Crippen molar-refractivity contribution >= 4 is 17.8 Å². The standard InChI is InChI=1S/C11H12F3N3O/c1-17(2)9-3-4-15-10(5-9)16-6-8(7-18)11(12,13)14/h3-7H,1-2H3,(H,15,16). The molecule has 98 valence electrons. The maximum Gasteiger partial charge on any atom is 0.420 e. The molecule has 1 aromatic heterocycles. The third kappa shape index (κ3) is 3.76. The van der Waals surface area contributed by atoms with Crippen molar-refractivity contribution < 1.29 is 18.0 Å². The lowest BCUT2D eigenvalue weighted by atomic mass is 10.3. The summed E-state index contributed by atoms with van der Waals surface area (Å²) in [6.07, 6.45) is -2.87. The number of alkyl halides is 3. The molecule has 0 aliphatic carbocycles. The monoisotopic (exact) mass is 259 g/mol. The summed E-state index contributed by atoms with van der Waals surface area (Å²) in [4.78, 5) is 15.9. The van der Waals surface area contributed by atoms with E-state index < -0.39 is 11.7 Å². The zero-order valence-corrected chi connectivity index (χ0v) is 9.82. The highest BCUT2D eigenvalue weighted by Crippen LogP contribution is 2.24. The number of carbonyl (C=O) groups excluding carboxylic acids is 1. The van der Waals surface area contributed by atoms with Crippen molar-refractivity contribution in [1.82, 2.24) is 4.98 Å². The van der Waals surface area contributed by atoms with Gasteiger partial charge in [-0.05, 0) is 6.07 Å². The van der Waals surface area contributed by atoms with Crippen LogP contribution >= 0.6 is 0 Å². The minimum absolute atomic E-state index is 0.227. The van der Waals surface area contributed by atoms with Crippen LogP contribution in [0.5, 0.6) is 0 Å². The molecular weight excluding hydrogens is 247 g/mol. The van der Waals surface area contributed by atoms with E-state index in [1.54, 1.807) is 31.1 Å². The van der Waals surface area contributed by atoms with E-state index in [1.165, 1.54) is 6.20 Å². The van der Waals surface area contributed by atoms with Crippen molar-refractivity contribution in [3.63, 3.8) is 0 Å². The van der Waals surface area contributed by atoms with Gasteiger partial charge in [0.25, 0.3) is 0 Å². The lowest BCUT2D eigenvalue weighted by Crippen LogP contribution is -2.14. The Bertz CT molecular complexity index is 455. The molecule has 0 fully saturated rings. The lowest BCUT2D eigenvalue weighted by Gasteiger charge is -2.13. The molecule has 7 heteroatoms. The van der Waals surface area contributed by atoms with Crippen LogP contribution in [0.1, 0.15) is 0 Å². The van der Waals surface area contributed by atoms with Crippen molar-refractivity contribution in [3.05, 3.63) is 30.1 Å². The first-order chi connectivity index (χ1) is 8.34.